The average Bonchev–Trinajstić information content (AvgIpc) is 3.06. The molecule has 232 valence electrons. The first-order valence-corrected chi connectivity index (χ1v) is 16.9. The lowest BCUT2D eigenvalue weighted by atomic mass is 9.98. The topological polar surface area (TPSA) is 55.4 Å². The number of benzene rings is 4. The van der Waals surface area contributed by atoms with Gasteiger partial charge in [-0.2, -0.15) is 0 Å². The van der Waals surface area contributed by atoms with Crippen LogP contribution in [0.15, 0.2) is 121 Å². The van der Waals surface area contributed by atoms with Gasteiger partial charge in [0.15, 0.2) is 6.29 Å². The average molecular weight is 613 g/mol. The summed E-state index contributed by atoms with van der Waals surface area (Å²) in [6.07, 6.45) is -2.69. The van der Waals surface area contributed by atoms with E-state index in [9.17, 15) is 0 Å². The van der Waals surface area contributed by atoms with Crippen LogP contribution in [0.1, 0.15) is 31.9 Å². The van der Waals surface area contributed by atoms with Crippen molar-refractivity contribution in [2.24, 2.45) is 0 Å². The van der Waals surface area contributed by atoms with Crippen molar-refractivity contribution in [3.05, 3.63) is 132 Å². The fraction of sp³-hybridized carbons (Fsp3) is 0.351. The van der Waals surface area contributed by atoms with Gasteiger partial charge in [-0.3, -0.25) is 0 Å². The van der Waals surface area contributed by atoms with Crippen molar-refractivity contribution in [2.45, 2.75) is 70.3 Å². The first kappa shape index (κ1) is 32.3. The van der Waals surface area contributed by atoms with Crippen LogP contribution in [0.25, 0.3) is 0 Å². The lowest BCUT2D eigenvalue weighted by molar-refractivity contribution is -0.314. The van der Waals surface area contributed by atoms with Gasteiger partial charge in [0.2, 0.25) is 9.04 Å². The van der Waals surface area contributed by atoms with Crippen LogP contribution in [-0.4, -0.2) is 59.1 Å². The zero-order chi connectivity index (χ0) is 30.8. The van der Waals surface area contributed by atoms with E-state index in [-0.39, 0.29) is 5.60 Å². The van der Waals surface area contributed by atoms with Crippen LogP contribution < -0.4 is 10.4 Å². The second-order valence-electron chi connectivity index (χ2n) is 12.0. The van der Waals surface area contributed by atoms with E-state index in [4.69, 9.17) is 28.1 Å². The highest BCUT2D eigenvalue weighted by atomic mass is 28.3. The first-order valence-electron chi connectivity index (χ1n) is 15.3. The Morgan fingerprint density at radius 3 is 1.52 bits per heavy atom. The quantitative estimate of drug-likeness (QED) is 0.192. The Balaban J connectivity index is 1.53. The molecule has 6 nitrogen and oxygen atoms in total. The van der Waals surface area contributed by atoms with Gasteiger partial charge in [-0.25, -0.2) is 0 Å². The van der Waals surface area contributed by atoms with Crippen LogP contribution in [0.4, 0.5) is 0 Å². The maximum Gasteiger partial charge on any atom is 0.240 e. The summed E-state index contributed by atoms with van der Waals surface area (Å²) in [6.45, 7) is 7.21. The van der Waals surface area contributed by atoms with Gasteiger partial charge in [0.05, 0.1) is 25.4 Å². The monoisotopic (exact) mass is 612 g/mol. The molecule has 0 unspecified atom stereocenters. The summed E-state index contributed by atoms with van der Waals surface area (Å²) in [6, 6.07) is 41.2. The van der Waals surface area contributed by atoms with E-state index < -0.39 is 39.7 Å². The number of hydrogen-bond donors (Lipinski definition) is 0. The lowest BCUT2D eigenvalue weighted by Gasteiger charge is -2.47. The molecule has 0 N–H and O–H groups in total. The summed E-state index contributed by atoms with van der Waals surface area (Å²) in [7, 11) is -0.569. The van der Waals surface area contributed by atoms with Gasteiger partial charge in [0.25, 0.3) is 0 Å². The molecule has 0 saturated carbocycles. The molecular formula is C37H44O6Si. The third-order valence-electron chi connectivity index (χ3n) is 7.57. The SMILES string of the molecule is CO[C@H]1O[C@H](COC(C)(C)C)[C@@H](O[SiH](c2ccccc2)c2ccccc2)[C@H](OCc2ccccc2)[C@H]1OCc1ccccc1. The Morgan fingerprint density at radius 1 is 0.614 bits per heavy atom. The maximum absolute atomic E-state index is 7.29. The summed E-state index contributed by atoms with van der Waals surface area (Å²) < 4.78 is 39.6. The molecule has 4 aromatic rings. The Bertz CT molecular complexity index is 1330. The number of rotatable bonds is 13. The first-order chi connectivity index (χ1) is 21.4. The Morgan fingerprint density at radius 2 is 1.07 bits per heavy atom. The molecule has 0 aliphatic carbocycles. The van der Waals surface area contributed by atoms with Gasteiger partial charge in [-0.15, -0.1) is 0 Å². The largest absolute Gasteiger partial charge is 0.402 e. The Labute approximate surface area is 263 Å². The van der Waals surface area contributed by atoms with Gasteiger partial charge in [0.1, 0.15) is 24.4 Å². The summed E-state index contributed by atoms with van der Waals surface area (Å²) in [4.78, 5) is 0. The van der Waals surface area contributed by atoms with Crippen molar-refractivity contribution >= 4 is 19.4 Å². The van der Waals surface area contributed by atoms with E-state index in [1.54, 1.807) is 7.11 Å². The van der Waals surface area contributed by atoms with Crippen molar-refractivity contribution in [1.82, 2.24) is 0 Å². The summed E-state index contributed by atoms with van der Waals surface area (Å²) in [5, 5.41) is 2.35. The summed E-state index contributed by atoms with van der Waals surface area (Å²) in [5.41, 5.74) is 1.75. The van der Waals surface area contributed by atoms with E-state index >= 15 is 0 Å². The molecule has 5 rings (SSSR count). The highest BCUT2D eigenvalue weighted by Gasteiger charge is 2.50. The van der Waals surface area contributed by atoms with E-state index in [2.05, 4.69) is 60.7 Å². The summed E-state index contributed by atoms with van der Waals surface area (Å²) >= 11 is 0. The fourth-order valence-electron chi connectivity index (χ4n) is 5.36. The second kappa shape index (κ2) is 15.7. The molecule has 0 amide bonds. The number of ether oxygens (including phenoxy) is 5. The van der Waals surface area contributed by atoms with Crippen molar-refractivity contribution in [3.8, 4) is 0 Å². The predicted molar refractivity (Wildman–Crippen MR) is 176 cm³/mol. The third kappa shape index (κ3) is 8.96. The molecule has 44 heavy (non-hydrogen) atoms. The predicted octanol–water partition coefficient (Wildman–Crippen LogP) is 5.27. The van der Waals surface area contributed by atoms with Crippen LogP contribution in [0.5, 0.6) is 0 Å². The van der Waals surface area contributed by atoms with Gasteiger partial charge < -0.3 is 28.1 Å². The van der Waals surface area contributed by atoms with Crippen LogP contribution in [0, 0.1) is 0 Å². The highest BCUT2D eigenvalue weighted by Crippen LogP contribution is 2.31. The van der Waals surface area contributed by atoms with E-state index in [0.717, 1.165) is 11.1 Å². The minimum atomic E-state index is -2.21. The molecule has 0 aromatic heterocycles. The normalized spacial score (nSPS) is 22.2. The second-order valence-corrected chi connectivity index (χ2v) is 14.4. The molecule has 1 heterocycles. The van der Waals surface area contributed by atoms with Crippen molar-refractivity contribution in [1.29, 1.82) is 0 Å². The van der Waals surface area contributed by atoms with Gasteiger partial charge in [-0.1, -0.05) is 121 Å². The molecule has 4 aromatic carbocycles. The Kier molecular flexibility index (Phi) is 11.5. The fourth-order valence-corrected chi connectivity index (χ4v) is 7.85. The molecule has 7 heteroatoms. The molecule has 5 atom stereocenters. The van der Waals surface area contributed by atoms with Gasteiger partial charge in [-0.05, 0) is 42.3 Å². The minimum Gasteiger partial charge on any atom is -0.402 e. The van der Waals surface area contributed by atoms with Crippen LogP contribution >= 0.6 is 0 Å². The molecule has 0 bridgehead atoms. The lowest BCUT2D eigenvalue weighted by Crippen LogP contribution is -2.64. The highest BCUT2D eigenvalue weighted by molar-refractivity contribution is 6.80. The molecular weight excluding hydrogens is 568 g/mol. The number of hydrogen-bond acceptors (Lipinski definition) is 6. The Hall–Kier alpha value is -3.14. The summed E-state index contributed by atoms with van der Waals surface area (Å²) in [5.74, 6) is 0. The van der Waals surface area contributed by atoms with E-state index in [0.29, 0.717) is 19.8 Å². The zero-order valence-electron chi connectivity index (χ0n) is 26.1. The van der Waals surface area contributed by atoms with Crippen LogP contribution in [-0.2, 0) is 41.3 Å². The standard InChI is InChI=1S/C37H44O6Si/c1-37(2,3)41-27-32-33(43-44(30-21-13-7-14-22-30)31-23-15-8-16-24-31)34(39-25-28-17-9-5-10-18-28)35(36(38-4)42-32)40-26-29-19-11-6-12-20-29/h5-24,32-36,44H,25-27H2,1-4H3/t32-,33-,34+,35-,36+/m1/s1. The van der Waals surface area contributed by atoms with E-state index in [1.165, 1.54) is 10.4 Å². The molecule has 1 aliphatic heterocycles. The van der Waals surface area contributed by atoms with Crippen LogP contribution in [0.2, 0.25) is 0 Å². The molecule has 0 radical (unpaired) electrons. The molecule has 1 aliphatic rings. The third-order valence-corrected chi connectivity index (χ3v) is 10.1. The number of methoxy groups -OCH3 is 1. The van der Waals surface area contributed by atoms with Crippen molar-refractivity contribution in [2.75, 3.05) is 13.7 Å². The van der Waals surface area contributed by atoms with Gasteiger partial charge in [0, 0.05) is 7.11 Å². The van der Waals surface area contributed by atoms with Crippen LogP contribution in [0.3, 0.4) is 0 Å². The molecule has 0 spiro atoms. The molecule has 1 saturated heterocycles. The zero-order valence-corrected chi connectivity index (χ0v) is 27.2. The van der Waals surface area contributed by atoms with Crippen molar-refractivity contribution < 1.29 is 28.1 Å². The smallest absolute Gasteiger partial charge is 0.240 e. The van der Waals surface area contributed by atoms with Gasteiger partial charge >= 0.3 is 0 Å². The van der Waals surface area contributed by atoms with Crippen molar-refractivity contribution in [3.63, 3.8) is 0 Å². The van der Waals surface area contributed by atoms with E-state index in [1.807, 2.05) is 81.4 Å². The molecule has 1 fully saturated rings. The minimum absolute atomic E-state index is 0.315. The maximum atomic E-state index is 7.29.